The summed E-state index contributed by atoms with van der Waals surface area (Å²) in [5.74, 6) is 0.906. The maximum atomic E-state index is 12.9. The number of amides is 1. The Morgan fingerprint density at radius 3 is 2.55 bits per heavy atom. The first-order valence-corrected chi connectivity index (χ1v) is 10.3. The standard InChI is InChI=1S/C21H22N6OS/c1-3-26-20(17-9-12-23-13-10-17)24-25-21(26)29-15-19(28)27(14-4-11-22)18-7-5-16(2)6-8-18/h5-10,12-13H,3-4,14-15H2,1-2H3. The quantitative estimate of drug-likeness (QED) is 0.530. The fraction of sp³-hybridized carbons (Fsp3) is 0.286. The van der Waals surface area contributed by atoms with Crippen LogP contribution in [-0.4, -0.2) is 38.0 Å². The molecule has 1 aromatic carbocycles. The topological polar surface area (TPSA) is 87.7 Å². The van der Waals surface area contributed by atoms with Crippen LogP contribution in [-0.2, 0) is 11.3 Å². The van der Waals surface area contributed by atoms with Crippen LogP contribution < -0.4 is 4.90 Å². The Morgan fingerprint density at radius 1 is 1.17 bits per heavy atom. The molecule has 29 heavy (non-hydrogen) atoms. The highest BCUT2D eigenvalue weighted by Gasteiger charge is 2.19. The second-order valence-electron chi connectivity index (χ2n) is 6.36. The van der Waals surface area contributed by atoms with E-state index in [1.165, 1.54) is 11.8 Å². The monoisotopic (exact) mass is 406 g/mol. The summed E-state index contributed by atoms with van der Waals surface area (Å²) < 4.78 is 1.98. The van der Waals surface area contributed by atoms with Crippen molar-refractivity contribution in [2.45, 2.75) is 32.0 Å². The van der Waals surface area contributed by atoms with Gasteiger partial charge < -0.3 is 9.47 Å². The molecule has 148 valence electrons. The third kappa shape index (κ3) is 5.00. The molecule has 3 aromatic rings. The molecule has 0 atom stereocenters. The Labute approximate surface area is 174 Å². The molecule has 0 spiro atoms. The van der Waals surface area contributed by atoms with Crippen molar-refractivity contribution >= 4 is 23.4 Å². The van der Waals surface area contributed by atoms with Gasteiger partial charge in [0.2, 0.25) is 5.91 Å². The van der Waals surface area contributed by atoms with E-state index in [9.17, 15) is 4.79 Å². The Hall–Kier alpha value is -3.18. The van der Waals surface area contributed by atoms with Crippen molar-refractivity contribution < 1.29 is 4.79 Å². The third-order valence-electron chi connectivity index (χ3n) is 4.39. The van der Waals surface area contributed by atoms with Crippen LogP contribution in [0, 0.1) is 18.3 Å². The fourth-order valence-electron chi connectivity index (χ4n) is 2.88. The fourth-order valence-corrected chi connectivity index (χ4v) is 3.76. The number of aryl methyl sites for hydroxylation is 1. The summed E-state index contributed by atoms with van der Waals surface area (Å²) in [5.41, 5.74) is 2.85. The van der Waals surface area contributed by atoms with E-state index >= 15 is 0 Å². The van der Waals surface area contributed by atoms with Crippen molar-refractivity contribution in [3.05, 3.63) is 54.4 Å². The van der Waals surface area contributed by atoms with E-state index in [0.29, 0.717) is 18.2 Å². The molecule has 0 aliphatic carbocycles. The van der Waals surface area contributed by atoms with E-state index in [4.69, 9.17) is 5.26 Å². The van der Waals surface area contributed by atoms with Crippen molar-refractivity contribution in [1.82, 2.24) is 19.7 Å². The maximum Gasteiger partial charge on any atom is 0.237 e. The molecule has 0 aliphatic rings. The lowest BCUT2D eigenvalue weighted by Gasteiger charge is -2.21. The van der Waals surface area contributed by atoms with Gasteiger partial charge in [0.15, 0.2) is 11.0 Å². The Kier molecular flexibility index (Phi) is 6.98. The van der Waals surface area contributed by atoms with Gasteiger partial charge in [0.25, 0.3) is 0 Å². The van der Waals surface area contributed by atoms with Crippen molar-refractivity contribution in [3.63, 3.8) is 0 Å². The number of hydrogen-bond acceptors (Lipinski definition) is 6. The van der Waals surface area contributed by atoms with Crippen LogP contribution in [0.5, 0.6) is 0 Å². The minimum absolute atomic E-state index is 0.0646. The Balaban J connectivity index is 1.75. The molecular formula is C21H22N6OS. The summed E-state index contributed by atoms with van der Waals surface area (Å²) in [7, 11) is 0. The van der Waals surface area contributed by atoms with Crippen molar-refractivity contribution in [2.75, 3.05) is 17.2 Å². The molecule has 3 rings (SSSR count). The minimum Gasteiger partial charge on any atom is -0.311 e. The molecule has 7 nitrogen and oxygen atoms in total. The molecule has 1 amide bonds. The first-order chi connectivity index (χ1) is 14.1. The van der Waals surface area contributed by atoms with Crippen molar-refractivity contribution in [3.8, 4) is 17.5 Å². The molecule has 2 heterocycles. The molecule has 8 heteroatoms. The number of aromatic nitrogens is 4. The van der Waals surface area contributed by atoms with Crippen molar-refractivity contribution in [2.24, 2.45) is 0 Å². The summed E-state index contributed by atoms with van der Waals surface area (Å²) in [6, 6.07) is 13.6. The number of rotatable bonds is 8. The third-order valence-corrected chi connectivity index (χ3v) is 5.34. The molecule has 0 aliphatic heterocycles. The van der Waals surface area contributed by atoms with Gasteiger partial charge >= 0.3 is 0 Å². The van der Waals surface area contributed by atoms with Gasteiger partial charge in [-0.25, -0.2) is 0 Å². The average molecular weight is 407 g/mol. The van der Waals surface area contributed by atoms with Crippen LogP contribution in [0.25, 0.3) is 11.4 Å². The average Bonchev–Trinajstić information content (AvgIpc) is 3.17. The number of anilines is 1. The first-order valence-electron chi connectivity index (χ1n) is 9.34. The van der Waals surface area contributed by atoms with Crippen LogP contribution in [0.1, 0.15) is 18.9 Å². The normalized spacial score (nSPS) is 10.5. The van der Waals surface area contributed by atoms with Gasteiger partial charge in [-0.05, 0) is 38.1 Å². The zero-order valence-corrected chi connectivity index (χ0v) is 17.3. The second kappa shape index (κ2) is 9.85. The van der Waals surface area contributed by atoms with Crippen LogP contribution in [0.15, 0.2) is 53.9 Å². The highest BCUT2D eigenvalue weighted by atomic mass is 32.2. The number of nitriles is 1. The molecule has 0 N–H and O–H groups in total. The highest BCUT2D eigenvalue weighted by molar-refractivity contribution is 7.99. The molecule has 0 unspecified atom stereocenters. The summed E-state index contributed by atoms with van der Waals surface area (Å²) in [4.78, 5) is 18.6. The molecule has 0 radical (unpaired) electrons. The predicted octanol–water partition coefficient (Wildman–Crippen LogP) is 3.71. The number of carbonyl (C=O) groups is 1. The molecule has 0 saturated carbocycles. The number of nitrogens with zero attached hydrogens (tertiary/aromatic N) is 6. The van der Waals surface area contributed by atoms with Crippen molar-refractivity contribution in [1.29, 1.82) is 5.26 Å². The molecule has 0 bridgehead atoms. The van der Waals surface area contributed by atoms with E-state index in [2.05, 4.69) is 21.3 Å². The van der Waals surface area contributed by atoms with Gasteiger partial charge in [-0.1, -0.05) is 29.5 Å². The number of pyridine rings is 1. The lowest BCUT2D eigenvalue weighted by molar-refractivity contribution is -0.116. The lowest BCUT2D eigenvalue weighted by Crippen LogP contribution is -2.33. The van der Waals surface area contributed by atoms with Crippen LogP contribution in [0.4, 0.5) is 5.69 Å². The van der Waals surface area contributed by atoms with E-state index in [-0.39, 0.29) is 18.1 Å². The zero-order valence-electron chi connectivity index (χ0n) is 16.4. The number of carbonyl (C=O) groups excluding carboxylic acids is 1. The lowest BCUT2D eigenvalue weighted by atomic mass is 10.2. The predicted molar refractivity (Wildman–Crippen MR) is 113 cm³/mol. The van der Waals surface area contributed by atoms with Crippen LogP contribution in [0.2, 0.25) is 0 Å². The summed E-state index contributed by atoms with van der Waals surface area (Å²) in [6.07, 6.45) is 3.71. The van der Waals surface area contributed by atoms with Gasteiger partial charge in [0.05, 0.1) is 18.2 Å². The molecule has 0 saturated heterocycles. The highest BCUT2D eigenvalue weighted by Crippen LogP contribution is 2.25. The smallest absolute Gasteiger partial charge is 0.237 e. The Morgan fingerprint density at radius 2 is 1.90 bits per heavy atom. The summed E-state index contributed by atoms with van der Waals surface area (Å²) in [5, 5.41) is 18.2. The largest absolute Gasteiger partial charge is 0.311 e. The SMILES string of the molecule is CCn1c(SCC(=O)N(CCC#N)c2ccc(C)cc2)nnc1-c1ccncc1. The van der Waals surface area contributed by atoms with E-state index in [1.807, 2.05) is 54.8 Å². The van der Waals surface area contributed by atoms with E-state index in [1.54, 1.807) is 17.3 Å². The minimum atomic E-state index is -0.0646. The number of hydrogen-bond donors (Lipinski definition) is 0. The van der Waals surface area contributed by atoms with Gasteiger partial charge in [-0.3, -0.25) is 9.78 Å². The van der Waals surface area contributed by atoms with E-state index in [0.717, 1.165) is 22.6 Å². The van der Waals surface area contributed by atoms with Gasteiger partial charge in [0.1, 0.15) is 0 Å². The second-order valence-corrected chi connectivity index (χ2v) is 7.31. The number of thioether (sulfide) groups is 1. The summed E-state index contributed by atoms with van der Waals surface area (Å²) >= 11 is 1.35. The zero-order chi connectivity index (χ0) is 20.6. The van der Waals surface area contributed by atoms with Gasteiger partial charge in [0, 0.05) is 36.7 Å². The maximum absolute atomic E-state index is 12.9. The van der Waals surface area contributed by atoms with Crippen LogP contribution >= 0.6 is 11.8 Å². The Bertz CT molecular complexity index is 994. The first kappa shape index (κ1) is 20.6. The van der Waals surface area contributed by atoms with E-state index < -0.39 is 0 Å². The van der Waals surface area contributed by atoms with Gasteiger partial charge in [-0.15, -0.1) is 10.2 Å². The summed E-state index contributed by atoms with van der Waals surface area (Å²) in [6.45, 7) is 5.07. The number of benzene rings is 1. The molecule has 2 aromatic heterocycles. The van der Waals surface area contributed by atoms with Gasteiger partial charge in [-0.2, -0.15) is 5.26 Å². The molecular weight excluding hydrogens is 384 g/mol. The molecule has 0 fully saturated rings. The van der Waals surface area contributed by atoms with Crippen LogP contribution in [0.3, 0.4) is 0 Å².